The van der Waals surface area contributed by atoms with Crippen molar-refractivity contribution >= 4 is 14.1 Å². The SMILES string of the molecule is c1cc2nc(c1)[C]13Oc4ccccc4C1c1cccc(n1)[C]14Oc5ccccc5C1c1cccc([nH+]1)[C]1(Oc5ccccc5C21)[Al]34. The van der Waals surface area contributed by atoms with E-state index in [1.807, 2.05) is 0 Å². The summed E-state index contributed by atoms with van der Waals surface area (Å²) in [5.74, 6) is 2.13. The van der Waals surface area contributed by atoms with Crippen LogP contribution in [0.2, 0.25) is 0 Å². The summed E-state index contributed by atoms with van der Waals surface area (Å²) in [6, 6.07) is 45.2. The third-order valence-corrected chi connectivity index (χ3v) is 16.4. The molecule has 9 heterocycles. The van der Waals surface area contributed by atoms with Gasteiger partial charge in [-0.3, -0.25) is 9.97 Å². The van der Waals surface area contributed by atoms with Crippen LogP contribution in [-0.4, -0.2) is 24.1 Å². The zero-order chi connectivity index (χ0) is 29.8. The maximum absolute atomic E-state index is 7.68. The molecular weight excluding hydrogens is 585 g/mol. The first-order valence-electron chi connectivity index (χ1n) is 16.0. The summed E-state index contributed by atoms with van der Waals surface area (Å²) in [5, 5.41) is 0. The third kappa shape index (κ3) is 2.48. The molecule has 0 fully saturated rings. The molecule has 0 saturated carbocycles. The quantitative estimate of drug-likeness (QED) is 0.197. The minimum absolute atomic E-state index is 0.158. The van der Waals surface area contributed by atoms with Gasteiger partial charge in [-0.2, -0.15) is 0 Å². The lowest BCUT2D eigenvalue weighted by atomic mass is 9.88. The fourth-order valence-electron chi connectivity index (χ4n) is 10.2. The Kier molecular flexibility index (Phi) is 4.16. The van der Waals surface area contributed by atoms with Crippen LogP contribution in [0.4, 0.5) is 0 Å². The van der Waals surface area contributed by atoms with Crippen molar-refractivity contribution in [3.8, 4) is 17.2 Å². The zero-order valence-corrected chi connectivity index (χ0v) is 25.7. The Hall–Kier alpha value is -4.96. The number of rotatable bonds is 0. The summed E-state index contributed by atoms with van der Waals surface area (Å²) in [7, 11) is 0. The minimum Gasteiger partial charge on any atom is -0.495 e. The molecule has 3 aromatic carbocycles. The first kappa shape index (κ1) is 24.3. The maximum atomic E-state index is 7.68. The Morgan fingerprint density at radius 1 is 0.478 bits per heavy atom. The molecule has 216 valence electrons. The van der Waals surface area contributed by atoms with E-state index in [-0.39, 0.29) is 17.8 Å². The van der Waals surface area contributed by atoms with Gasteiger partial charge in [0.2, 0.25) is 5.69 Å². The summed E-state index contributed by atoms with van der Waals surface area (Å²) >= 11 is -2.87. The van der Waals surface area contributed by atoms with Crippen LogP contribution in [0, 0.1) is 0 Å². The summed E-state index contributed by atoms with van der Waals surface area (Å²) in [4.78, 5) is 15.2. The molecule has 0 saturated heterocycles. The molecule has 6 nitrogen and oxygen atoms in total. The summed E-state index contributed by atoms with van der Waals surface area (Å²) in [6.07, 6.45) is 0. The Labute approximate surface area is 269 Å². The molecule has 7 heteroatoms. The highest BCUT2D eigenvalue weighted by Gasteiger charge is 2.86. The maximum Gasteiger partial charge on any atom is 0.496 e. The van der Waals surface area contributed by atoms with E-state index in [0.717, 1.165) is 68.1 Å². The van der Waals surface area contributed by atoms with Crippen LogP contribution in [0.1, 0.15) is 68.6 Å². The molecule has 6 aromatic rings. The van der Waals surface area contributed by atoms with Gasteiger partial charge in [0.25, 0.3) is 0 Å². The highest BCUT2D eigenvalue weighted by molar-refractivity contribution is 6.69. The van der Waals surface area contributed by atoms with E-state index in [9.17, 15) is 0 Å². The Morgan fingerprint density at radius 3 is 1.57 bits per heavy atom. The summed E-state index contributed by atoms with van der Waals surface area (Å²) < 4.78 is 20.4. The van der Waals surface area contributed by atoms with E-state index in [1.165, 1.54) is 0 Å². The van der Waals surface area contributed by atoms with Crippen molar-refractivity contribution in [2.75, 3.05) is 0 Å². The van der Waals surface area contributed by atoms with Crippen LogP contribution < -0.4 is 19.2 Å². The lowest BCUT2D eigenvalue weighted by molar-refractivity contribution is -0.413. The van der Waals surface area contributed by atoms with Crippen LogP contribution in [0.25, 0.3) is 0 Å². The lowest BCUT2D eigenvalue weighted by Crippen LogP contribution is -2.72. The van der Waals surface area contributed by atoms with Gasteiger partial charge in [0.15, 0.2) is 10.2 Å². The van der Waals surface area contributed by atoms with Gasteiger partial charge < -0.3 is 14.2 Å². The fourth-order valence-corrected chi connectivity index (χ4v) is 16.3. The number of hydrogen-bond donors (Lipinski definition) is 0. The zero-order valence-electron chi connectivity index (χ0n) is 24.6. The monoisotopic (exact) mass is 610 g/mol. The van der Waals surface area contributed by atoms with Gasteiger partial charge in [-0.05, 0) is 48.5 Å². The second-order valence-electron chi connectivity index (χ2n) is 13.4. The molecule has 1 N–H and O–H groups in total. The van der Waals surface area contributed by atoms with Crippen LogP contribution in [0.5, 0.6) is 17.2 Å². The molecule has 0 radical (unpaired) electrons. The standard InChI is InChI=1S/C39H24N3O3.Al/c1-4-19-31-22(10-1)34-25-13-7-17-29(40-25)38-36(24-12-3-5-20-32(24)44-38)27-15-9-18-30(42-27)39-35(23-11-2-6-21-33(23)45-39)26-14-8-16-28(41-26)37(34)43-31;/h1-21,34-36H;/p+1. The Bertz CT molecular complexity index is 2090. The van der Waals surface area contributed by atoms with Gasteiger partial charge in [-0.25, -0.2) is 4.98 Å². The van der Waals surface area contributed by atoms with Crippen molar-refractivity contribution < 1.29 is 19.2 Å². The molecule has 6 unspecified atom stereocenters. The fraction of sp³-hybridized carbons (Fsp3) is 0.154. The van der Waals surface area contributed by atoms with Gasteiger partial charge in [0.05, 0.1) is 34.6 Å². The van der Waals surface area contributed by atoms with Crippen LogP contribution in [0.15, 0.2) is 127 Å². The average molecular weight is 611 g/mol. The molecule has 6 aliphatic rings. The first-order valence-corrected chi connectivity index (χ1v) is 17.8. The molecule has 3 spiro atoms. The topological polar surface area (TPSA) is 67.6 Å². The number of aromatic amines is 1. The van der Waals surface area contributed by atoms with Gasteiger partial charge in [-0.1, -0.05) is 66.7 Å². The highest BCUT2D eigenvalue weighted by atomic mass is 27.2. The largest absolute Gasteiger partial charge is 0.496 e. The molecule has 3 aromatic heterocycles. The van der Waals surface area contributed by atoms with Gasteiger partial charge in [-0.15, -0.1) is 0 Å². The van der Waals surface area contributed by atoms with E-state index in [2.05, 4.69) is 132 Å². The van der Waals surface area contributed by atoms with E-state index < -0.39 is 27.5 Å². The normalized spacial score (nSPS) is 30.3. The van der Waals surface area contributed by atoms with Crippen molar-refractivity contribution in [1.29, 1.82) is 0 Å². The molecule has 12 rings (SSSR count). The third-order valence-electron chi connectivity index (χ3n) is 11.6. The van der Waals surface area contributed by atoms with Crippen LogP contribution >= 0.6 is 0 Å². The number of benzene rings is 3. The van der Waals surface area contributed by atoms with Crippen molar-refractivity contribution in [3.05, 3.63) is 178 Å². The molecule has 46 heavy (non-hydrogen) atoms. The van der Waals surface area contributed by atoms with E-state index in [0.29, 0.717) is 0 Å². The Morgan fingerprint density at radius 2 is 0.957 bits per heavy atom. The number of fused-ring (bicyclic) bond motifs is 15. The number of hydrogen-bond acceptors (Lipinski definition) is 5. The van der Waals surface area contributed by atoms with Crippen molar-refractivity contribution in [2.45, 2.75) is 31.1 Å². The molecule has 6 atom stereocenters. The summed E-state index contributed by atoms with van der Waals surface area (Å²) in [6.45, 7) is 0. The predicted octanol–water partition coefficient (Wildman–Crippen LogP) is 6.00. The number of pyridine rings is 3. The second kappa shape index (κ2) is 7.87. The number of aromatic nitrogens is 3. The lowest BCUT2D eigenvalue weighted by Gasteiger charge is -2.48. The molecule has 6 bridgehead atoms. The number of nitrogens with one attached hydrogen (secondary N) is 1. The summed E-state index contributed by atoms with van der Waals surface area (Å²) in [5.41, 5.74) is 9.47. The minimum atomic E-state index is -2.87. The van der Waals surface area contributed by atoms with Crippen molar-refractivity contribution in [1.82, 2.24) is 9.97 Å². The van der Waals surface area contributed by atoms with Gasteiger partial charge in [0.1, 0.15) is 32.1 Å². The predicted molar refractivity (Wildman–Crippen MR) is 169 cm³/mol. The molecule has 6 aliphatic heterocycles. The van der Waals surface area contributed by atoms with Crippen LogP contribution in [0.3, 0.4) is 0 Å². The van der Waals surface area contributed by atoms with E-state index >= 15 is 0 Å². The Balaban J connectivity index is 1.33. The van der Waals surface area contributed by atoms with E-state index in [4.69, 9.17) is 24.2 Å². The second-order valence-corrected chi connectivity index (χ2v) is 16.9. The first-order chi connectivity index (χ1) is 22.7. The number of para-hydroxylation sites is 3. The van der Waals surface area contributed by atoms with Crippen LogP contribution in [-0.2, 0) is 13.4 Å². The van der Waals surface area contributed by atoms with Crippen molar-refractivity contribution in [2.24, 2.45) is 0 Å². The molecule has 0 aliphatic carbocycles. The van der Waals surface area contributed by atoms with Gasteiger partial charge in [0, 0.05) is 28.8 Å². The van der Waals surface area contributed by atoms with E-state index in [1.54, 1.807) is 0 Å². The number of ether oxygens (including phenoxy) is 3. The van der Waals surface area contributed by atoms with Crippen molar-refractivity contribution in [3.63, 3.8) is 0 Å². The smallest absolute Gasteiger partial charge is 0.495 e. The average Bonchev–Trinajstić information content (AvgIpc) is 3.71. The molecular formula is C39H25AlN3O3+. The number of nitrogens with zero attached hydrogens (tertiary/aromatic N) is 2. The highest BCUT2D eigenvalue weighted by Crippen LogP contribution is 2.71. The van der Waals surface area contributed by atoms with Gasteiger partial charge >= 0.3 is 14.1 Å². The number of H-pyrrole nitrogens is 1. The molecule has 0 amide bonds.